The van der Waals surface area contributed by atoms with Crippen LogP contribution < -0.4 is 0 Å². The van der Waals surface area contributed by atoms with Crippen molar-refractivity contribution in [2.24, 2.45) is 0 Å². The average molecular weight is 803 g/mol. The first-order valence-corrected chi connectivity index (χ1v) is 2.19. The Morgan fingerprint density at radius 3 is 0.400 bits per heavy atom. The van der Waals surface area contributed by atoms with Crippen LogP contribution in [0.3, 0.4) is 0 Å². The Hall–Kier alpha value is 2.70. The van der Waals surface area contributed by atoms with Crippen LogP contribution >= 0.6 is 0 Å². The molecule has 0 fully saturated rings. The third-order valence-corrected chi connectivity index (χ3v) is 0. The normalized spacial score (nSPS) is 4.80. The Morgan fingerprint density at radius 2 is 0.400 bits per heavy atom. The van der Waals surface area contributed by atoms with Crippen molar-refractivity contribution >= 4 is 97.8 Å². The Balaban J connectivity index is -0.0000000150. The van der Waals surface area contributed by atoms with E-state index in [-0.39, 0.29) is 181 Å². The largest absolute Gasteiger partial charge is 3.00 e. The topological polar surface area (TPSA) is 265 Å². The Kier molecular flexibility index (Phi) is 106. The molecule has 0 N–H and O–H groups in total. The van der Waals surface area contributed by atoms with Crippen LogP contribution in [0, 0.1) is 145 Å². The van der Waals surface area contributed by atoms with Gasteiger partial charge in [-0.1, -0.05) is 0 Å². The van der Waals surface area contributed by atoms with E-state index in [2.05, 4.69) is 0 Å². The molecule has 0 aliphatic carbocycles. The number of hydrogen-bond acceptors (Lipinski definition) is 12. The molecule has 0 aliphatic heterocycles. The second-order valence-electron chi connectivity index (χ2n) is 0.894. The molecule has 0 amide bonds. The minimum absolute atomic E-state index is 0. The second kappa shape index (κ2) is 43.0. The number of rotatable bonds is 0. The third kappa shape index (κ3) is 1100. The molecule has 0 bridgehead atoms. The van der Waals surface area contributed by atoms with Crippen LogP contribution in [-0.2, 0) is 0 Å². The molecule has 0 aliphatic rings. The molecule has 0 aromatic rings. The van der Waals surface area contributed by atoms with Crippen molar-refractivity contribution < 1.29 is 104 Å². The maximum atomic E-state index is 8.25. The summed E-state index contributed by atoms with van der Waals surface area (Å²) in [5, 5.41) is 59.0. The predicted molar refractivity (Wildman–Crippen MR) is 53.0 cm³/mol. The zero-order valence-corrected chi connectivity index (χ0v) is 24.3. The van der Waals surface area contributed by atoms with E-state index in [4.69, 9.17) is 61.3 Å². The van der Waals surface area contributed by atoms with Crippen molar-refractivity contribution in [1.29, 1.82) is 0 Å². The monoisotopic (exact) mass is 804 g/mol. The molecule has 0 spiro atoms. The van der Waals surface area contributed by atoms with Crippen molar-refractivity contribution in [3.05, 3.63) is 61.3 Å². The van der Waals surface area contributed by atoms with Gasteiger partial charge in [-0.3, -0.25) is 0 Å². The molecule has 0 saturated heterocycles. The first kappa shape index (κ1) is 49.5. The molecule has 0 aromatic carbocycles. The summed E-state index contributed by atoms with van der Waals surface area (Å²) in [7, 11) is 0. The van der Waals surface area contributed by atoms with Crippen molar-refractivity contribution in [2.75, 3.05) is 0 Å². The molecule has 0 atom stereocenters. The molecule has 2 radical (unpaired) electrons. The fraction of sp³-hybridized carbons (Fsp3) is 0. The minimum atomic E-state index is -1.75. The standard InChI is InChI=1S/2Ba.2Ce.4NO3/c;;;;4*2-1(3)4/q2*+2;2*+3;4*-1. The molecular weight excluding hydrogens is 803 g/mol. The summed E-state index contributed by atoms with van der Waals surface area (Å²) >= 11 is 0. The summed E-state index contributed by atoms with van der Waals surface area (Å²) in [6.45, 7) is 0. The van der Waals surface area contributed by atoms with Gasteiger partial charge >= 0.3 is 181 Å². The smallest absolute Gasteiger partial charge is 0.356 e. The van der Waals surface area contributed by atoms with Crippen LogP contribution in [0.1, 0.15) is 0 Å². The molecule has 0 unspecified atom stereocenters. The number of hydrogen-bond donors (Lipinski definition) is 0. The first-order chi connectivity index (χ1) is 6.93. The summed E-state index contributed by atoms with van der Waals surface area (Å²) in [5.41, 5.74) is 0. The van der Waals surface area contributed by atoms with Gasteiger partial charge in [0, 0.05) is 0 Å². The van der Waals surface area contributed by atoms with Gasteiger partial charge in [0.15, 0.2) is 0 Å². The molecule has 20 heavy (non-hydrogen) atoms. The fourth-order valence-electron chi connectivity index (χ4n) is 0. The summed E-state index contributed by atoms with van der Waals surface area (Å²) in [4.78, 5) is 33.0. The van der Waals surface area contributed by atoms with E-state index in [9.17, 15) is 0 Å². The Morgan fingerprint density at radius 1 is 0.400 bits per heavy atom. The van der Waals surface area contributed by atoms with Crippen molar-refractivity contribution in [3.8, 4) is 0 Å². The van der Waals surface area contributed by atoms with Crippen molar-refractivity contribution in [1.82, 2.24) is 0 Å². The molecular formula is Ba2Ce2N4O12+6. The molecule has 0 saturated carbocycles. The van der Waals surface area contributed by atoms with E-state index in [1.807, 2.05) is 0 Å². The van der Waals surface area contributed by atoms with Gasteiger partial charge in [-0.25, -0.2) is 0 Å². The van der Waals surface area contributed by atoms with Gasteiger partial charge in [0.2, 0.25) is 0 Å². The quantitative estimate of drug-likeness (QED) is 0.151. The average Bonchev–Trinajstić information content (AvgIpc) is 1.76. The van der Waals surface area contributed by atoms with Gasteiger partial charge in [-0.15, -0.1) is 0 Å². The molecule has 16 nitrogen and oxygen atoms in total. The van der Waals surface area contributed by atoms with E-state index in [1.54, 1.807) is 0 Å². The second-order valence-corrected chi connectivity index (χ2v) is 0.894. The van der Waals surface area contributed by atoms with E-state index >= 15 is 0 Å². The molecule has 20 heteroatoms. The first-order valence-electron chi connectivity index (χ1n) is 2.19. The molecule has 98 valence electrons. The maximum absolute atomic E-state index is 8.25. The van der Waals surface area contributed by atoms with Crippen molar-refractivity contribution in [3.63, 3.8) is 0 Å². The van der Waals surface area contributed by atoms with Crippen LogP contribution in [0.4, 0.5) is 0 Å². The van der Waals surface area contributed by atoms with E-state index < -0.39 is 20.3 Å². The predicted octanol–water partition coefficient (Wildman–Crippen LogP) is -1.72. The third-order valence-electron chi connectivity index (χ3n) is 0. The van der Waals surface area contributed by atoms with Crippen LogP contribution in [0.15, 0.2) is 0 Å². The molecule has 0 heterocycles. The van der Waals surface area contributed by atoms with E-state index in [0.717, 1.165) is 0 Å². The van der Waals surface area contributed by atoms with Gasteiger partial charge in [0.05, 0.1) is 20.3 Å². The molecule has 0 rings (SSSR count). The van der Waals surface area contributed by atoms with Gasteiger partial charge in [-0.05, 0) is 0 Å². The summed E-state index contributed by atoms with van der Waals surface area (Å²) < 4.78 is 0. The van der Waals surface area contributed by atoms with Crippen molar-refractivity contribution in [2.45, 2.75) is 0 Å². The number of nitrogens with zero attached hydrogens (tertiary/aromatic N) is 4. The van der Waals surface area contributed by atoms with Crippen LogP contribution in [0.25, 0.3) is 0 Å². The Labute approximate surface area is 256 Å². The van der Waals surface area contributed by atoms with Gasteiger partial charge in [0.1, 0.15) is 0 Å². The maximum Gasteiger partial charge on any atom is 3.00 e. The SMILES string of the molecule is O=[N+]([O-])[O-].O=[N+]([O-])[O-].O=[N+]([O-])[O-].O=[N+]([O-])[O-].[Ba+2].[Ba+2].[Ce+3].[Ce+3]. The summed E-state index contributed by atoms with van der Waals surface area (Å²) in [5.74, 6) is 0. The molecule has 0 aromatic heterocycles. The van der Waals surface area contributed by atoms with Crippen LogP contribution in [-0.4, -0.2) is 118 Å². The minimum Gasteiger partial charge on any atom is -0.356 e. The van der Waals surface area contributed by atoms with Gasteiger partial charge < -0.3 is 61.3 Å². The van der Waals surface area contributed by atoms with Gasteiger partial charge in [-0.2, -0.15) is 0 Å². The summed E-state index contributed by atoms with van der Waals surface area (Å²) in [6.07, 6.45) is 0. The van der Waals surface area contributed by atoms with E-state index in [1.165, 1.54) is 0 Å². The zero-order valence-electron chi connectivity index (χ0n) is 9.10. The van der Waals surface area contributed by atoms with Crippen LogP contribution in [0.2, 0.25) is 0 Å². The van der Waals surface area contributed by atoms with E-state index in [0.29, 0.717) is 0 Å². The Bertz CT molecular complexity index is 171. The fourth-order valence-corrected chi connectivity index (χ4v) is 0. The van der Waals surface area contributed by atoms with Crippen LogP contribution in [0.5, 0.6) is 0 Å². The zero-order chi connectivity index (χ0) is 14.3. The van der Waals surface area contributed by atoms with Gasteiger partial charge in [0.25, 0.3) is 0 Å². The summed E-state index contributed by atoms with van der Waals surface area (Å²) in [6, 6.07) is 0.